The summed E-state index contributed by atoms with van der Waals surface area (Å²) in [6.07, 6.45) is 0. The molecule has 0 N–H and O–H groups in total. The van der Waals surface area contributed by atoms with E-state index in [0.717, 1.165) is 17.1 Å². The van der Waals surface area contributed by atoms with Crippen molar-refractivity contribution in [2.75, 3.05) is 7.11 Å². The fourth-order valence-corrected chi connectivity index (χ4v) is 2.38. The van der Waals surface area contributed by atoms with E-state index >= 15 is 0 Å². The molecule has 0 bridgehead atoms. The Bertz CT molecular complexity index is 692. The fraction of sp³-hybridized carbons (Fsp3) is 0.400. The first kappa shape index (κ1) is 15.5. The molecule has 2 rings (SSSR count). The minimum atomic E-state index is -0.563. The first-order valence-electron chi connectivity index (χ1n) is 6.62. The lowest BCUT2D eigenvalue weighted by atomic mass is 10.1. The summed E-state index contributed by atoms with van der Waals surface area (Å²) < 4.78 is 7.01. The molecule has 0 saturated heterocycles. The van der Waals surface area contributed by atoms with Crippen molar-refractivity contribution in [1.29, 1.82) is 0 Å². The molecule has 2 aromatic heterocycles. The molecule has 0 aromatic carbocycles. The van der Waals surface area contributed by atoms with E-state index in [1.165, 1.54) is 0 Å². The Kier molecular flexibility index (Phi) is 4.32. The number of hydrogen-bond acceptors (Lipinski definition) is 4. The van der Waals surface area contributed by atoms with Gasteiger partial charge < -0.3 is 4.74 Å². The maximum Gasteiger partial charge on any atom is 0.237 e. The van der Waals surface area contributed by atoms with Gasteiger partial charge in [0.2, 0.25) is 11.8 Å². The van der Waals surface area contributed by atoms with Crippen LogP contribution in [0.25, 0.3) is 5.95 Å². The van der Waals surface area contributed by atoms with E-state index < -0.39 is 5.38 Å². The van der Waals surface area contributed by atoms with Crippen molar-refractivity contribution >= 4 is 17.4 Å². The monoisotopic (exact) mass is 307 g/mol. The lowest BCUT2D eigenvalue weighted by Gasteiger charge is -2.10. The molecule has 21 heavy (non-hydrogen) atoms. The molecule has 0 fully saturated rings. The van der Waals surface area contributed by atoms with E-state index in [1.54, 1.807) is 20.1 Å². The molecular formula is C15H18ClN3O2. The average molecular weight is 308 g/mol. The van der Waals surface area contributed by atoms with E-state index in [2.05, 4.69) is 9.97 Å². The predicted octanol–water partition coefficient (Wildman–Crippen LogP) is 3.01. The second-order valence-electron chi connectivity index (χ2n) is 4.95. The lowest BCUT2D eigenvalue weighted by molar-refractivity contribution is 0.0991. The minimum absolute atomic E-state index is 0.101. The highest BCUT2D eigenvalue weighted by Crippen LogP contribution is 2.22. The number of halogens is 1. The van der Waals surface area contributed by atoms with Gasteiger partial charge in [-0.1, -0.05) is 0 Å². The maximum atomic E-state index is 12.1. The molecule has 112 valence electrons. The molecule has 6 heteroatoms. The normalized spacial score (nSPS) is 12.3. The third-order valence-electron chi connectivity index (χ3n) is 3.29. The van der Waals surface area contributed by atoms with Crippen molar-refractivity contribution in [2.45, 2.75) is 33.1 Å². The number of ether oxygens (including phenoxy) is 1. The Morgan fingerprint density at radius 2 is 1.95 bits per heavy atom. The number of hydrogen-bond donors (Lipinski definition) is 0. The van der Waals surface area contributed by atoms with Crippen molar-refractivity contribution in [3.8, 4) is 11.8 Å². The second-order valence-corrected chi connectivity index (χ2v) is 5.61. The Morgan fingerprint density at radius 1 is 1.29 bits per heavy atom. The van der Waals surface area contributed by atoms with Crippen LogP contribution in [0, 0.1) is 20.8 Å². The van der Waals surface area contributed by atoms with Gasteiger partial charge in [0.05, 0.1) is 12.5 Å². The van der Waals surface area contributed by atoms with Crippen molar-refractivity contribution in [1.82, 2.24) is 14.5 Å². The second kappa shape index (κ2) is 5.85. The zero-order valence-corrected chi connectivity index (χ0v) is 13.5. The number of ketones is 1. The number of methoxy groups -OCH3 is 1. The largest absolute Gasteiger partial charge is 0.481 e. The molecule has 0 spiro atoms. The van der Waals surface area contributed by atoms with Crippen LogP contribution in [0.5, 0.6) is 5.88 Å². The average Bonchev–Trinajstić information content (AvgIpc) is 2.72. The quantitative estimate of drug-likeness (QED) is 0.643. The van der Waals surface area contributed by atoms with Crippen LogP contribution in [0.3, 0.4) is 0 Å². The Balaban J connectivity index is 2.60. The predicted molar refractivity (Wildman–Crippen MR) is 81.8 cm³/mol. The summed E-state index contributed by atoms with van der Waals surface area (Å²) in [5.74, 6) is 0.877. The molecule has 0 aliphatic heterocycles. The number of Topliss-reactive ketones (excluding diaryl/α,β-unsaturated/α-hetero) is 1. The van der Waals surface area contributed by atoms with Gasteiger partial charge in [-0.3, -0.25) is 9.36 Å². The van der Waals surface area contributed by atoms with E-state index in [1.807, 2.05) is 31.4 Å². The summed E-state index contributed by atoms with van der Waals surface area (Å²) in [5.41, 5.74) is 3.04. The van der Waals surface area contributed by atoms with Gasteiger partial charge in [0.15, 0.2) is 5.78 Å². The number of carbonyl (C=O) groups is 1. The van der Waals surface area contributed by atoms with Crippen molar-refractivity contribution in [2.24, 2.45) is 0 Å². The molecule has 2 heterocycles. The zero-order valence-electron chi connectivity index (χ0n) is 12.8. The number of carbonyl (C=O) groups excluding carboxylic acids is 1. The molecule has 1 atom stereocenters. The Morgan fingerprint density at radius 3 is 2.52 bits per heavy atom. The molecule has 0 aliphatic carbocycles. The van der Waals surface area contributed by atoms with Crippen LogP contribution in [0.4, 0.5) is 0 Å². The smallest absolute Gasteiger partial charge is 0.237 e. The number of aromatic nitrogens is 3. The summed E-state index contributed by atoms with van der Waals surface area (Å²) in [6, 6.07) is 3.57. The minimum Gasteiger partial charge on any atom is -0.481 e. The zero-order chi connectivity index (χ0) is 15.7. The van der Waals surface area contributed by atoms with Crippen molar-refractivity contribution in [3.63, 3.8) is 0 Å². The third kappa shape index (κ3) is 2.93. The van der Waals surface area contributed by atoms with Crippen molar-refractivity contribution in [3.05, 3.63) is 34.8 Å². The van der Waals surface area contributed by atoms with E-state index in [9.17, 15) is 4.79 Å². The van der Waals surface area contributed by atoms with Crippen LogP contribution in [0.2, 0.25) is 0 Å². The molecule has 5 nitrogen and oxygen atoms in total. The first-order valence-corrected chi connectivity index (χ1v) is 7.06. The van der Waals surface area contributed by atoms with E-state index in [0.29, 0.717) is 17.4 Å². The van der Waals surface area contributed by atoms with Gasteiger partial charge in [0.25, 0.3) is 0 Å². The first-order chi connectivity index (χ1) is 9.85. The van der Waals surface area contributed by atoms with Gasteiger partial charge in [-0.25, -0.2) is 4.98 Å². The third-order valence-corrected chi connectivity index (χ3v) is 3.48. The molecular weight excluding hydrogens is 290 g/mol. The lowest BCUT2D eigenvalue weighted by Crippen LogP contribution is -2.12. The number of aryl methyl sites for hydroxylation is 2. The summed E-state index contributed by atoms with van der Waals surface area (Å²) in [4.78, 5) is 20.9. The van der Waals surface area contributed by atoms with Gasteiger partial charge in [-0.05, 0) is 33.8 Å². The number of alkyl halides is 1. The van der Waals surface area contributed by atoms with Gasteiger partial charge in [0, 0.05) is 28.7 Å². The van der Waals surface area contributed by atoms with Crippen LogP contribution in [0.15, 0.2) is 12.1 Å². The van der Waals surface area contributed by atoms with Crippen LogP contribution in [-0.4, -0.2) is 32.8 Å². The van der Waals surface area contributed by atoms with E-state index in [-0.39, 0.29) is 5.78 Å². The summed E-state index contributed by atoms with van der Waals surface area (Å²) >= 11 is 5.91. The standard InChI is InChI=1S/C15H18ClN3O2/c1-8-6-13(21-5)18-15(17-8)19-9(2)7-12(11(19)4)14(20)10(3)16/h6-7,10H,1-5H3. The summed E-state index contributed by atoms with van der Waals surface area (Å²) in [5, 5.41) is -0.563. The molecule has 2 aromatic rings. The van der Waals surface area contributed by atoms with Crippen LogP contribution in [-0.2, 0) is 0 Å². The SMILES string of the molecule is COc1cc(C)nc(-n2c(C)cc(C(=O)C(C)Cl)c2C)n1. The highest BCUT2D eigenvalue weighted by molar-refractivity contribution is 6.33. The molecule has 0 radical (unpaired) electrons. The number of rotatable bonds is 4. The van der Waals surface area contributed by atoms with Gasteiger partial charge in [0.1, 0.15) is 0 Å². The molecule has 1 unspecified atom stereocenters. The highest BCUT2D eigenvalue weighted by atomic mass is 35.5. The van der Waals surface area contributed by atoms with Crippen LogP contribution in [0.1, 0.15) is 34.4 Å². The summed E-state index contributed by atoms with van der Waals surface area (Å²) in [7, 11) is 1.56. The fourth-order valence-electron chi connectivity index (χ4n) is 2.26. The van der Waals surface area contributed by atoms with Gasteiger partial charge >= 0.3 is 0 Å². The van der Waals surface area contributed by atoms with Crippen LogP contribution >= 0.6 is 11.6 Å². The van der Waals surface area contributed by atoms with Crippen LogP contribution < -0.4 is 4.74 Å². The van der Waals surface area contributed by atoms with Crippen molar-refractivity contribution < 1.29 is 9.53 Å². The molecule has 0 aliphatic rings. The topological polar surface area (TPSA) is 57.0 Å². The Labute approximate surface area is 128 Å². The number of nitrogens with zero attached hydrogens (tertiary/aromatic N) is 3. The van der Waals surface area contributed by atoms with Gasteiger partial charge in [-0.2, -0.15) is 4.98 Å². The Hall–Kier alpha value is -1.88. The van der Waals surface area contributed by atoms with E-state index in [4.69, 9.17) is 16.3 Å². The van der Waals surface area contributed by atoms with Gasteiger partial charge in [-0.15, -0.1) is 11.6 Å². The molecule has 0 amide bonds. The molecule has 0 saturated carbocycles. The highest BCUT2D eigenvalue weighted by Gasteiger charge is 2.21. The summed E-state index contributed by atoms with van der Waals surface area (Å²) in [6.45, 7) is 7.30. The maximum absolute atomic E-state index is 12.1.